The van der Waals surface area contributed by atoms with Gasteiger partial charge in [-0.05, 0) is 24.7 Å². The normalized spacial score (nSPS) is 29.9. The minimum atomic E-state index is -3.66. The van der Waals surface area contributed by atoms with Gasteiger partial charge in [-0.2, -0.15) is 18.6 Å². The molecule has 0 bridgehead atoms. The van der Waals surface area contributed by atoms with Crippen molar-refractivity contribution in [2.75, 3.05) is 0 Å². The van der Waals surface area contributed by atoms with Crippen molar-refractivity contribution in [3.63, 3.8) is 0 Å². The zero-order chi connectivity index (χ0) is 10.1. The first kappa shape index (κ1) is 10.7. The van der Waals surface area contributed by atoms with Crippen molar-refractivity contribution >= 4 is 10.1 Å². The monoisotopic (exact) mass is 205 g/mol. The van der Waals surface area contributed by atoms with Crippen molar-refractivity contribution in [3.8, 4) is 0 Å². The van der Waals surface area contributed by atoms with E-state index in [1.165, 1.54) is 0 Å². The molecule has 5 heteroatoms. The van der Waals surface area contributed by atoms with E-state index >= 15 is 0 Å². The molecule has 0 radical (unpaired) electrons. The van der Waals surface area contributed by atoms with Gasteiger partial charge >= 0.3 is 10.1 Å². The molecule has 0 saturated carbocycles. The molecule has 2 atom stereocenters. The summed E-state index contributed by atoms with van der Waals surface area (Å²) < 4.78 is 26.6. The van der Waals surface area contributed by atoms with Crippen molar-refractivity contribution in [3.05, 3.63) is 11.0 Å². The van der Waals surface area contributed by atoms with Gasteiger partial charge in [0.25, 0.3) is 0 Å². The molecule has 0 heterocycles. The first-order valence-electron chi connectivity index (χ1n) is 4.32. The number of allylic oxidation sites excluding steroid dienone is 2. The Morgan fingerprint density at radius 1 is 1.46 bits per heavy atom. The van der Waals surface area contributed by atoms with Crippen LogP contribution >= 0.6 is 0 Å². The molecule has 0 amide bonds. The first-order valence-corrected chi connectivity index (χ1v) is 5.73. The highest BCUT2D eigenvalue weighted by molar-refractivity contribution is 7.90. The van der Waals surface area contributed by atoms with Gasteiger partial charge in [0.1, 0.15) is 0 Å². The molecule has 13 heavy (non-hydrogen) atoms. The summed E-state index contributed by atoms with van der Waals surface area (Å²) in [5.74, 6) is 5.02. The molecule has 4 nitrogen and oxygen atoms in total. The molecule has 2 N–H and O–H groups in total. The Morgan fingerprint density at radius 2 is 2.08 bits per heavy atom. The Bertz CT molecular complexity index is 307. The molecule has 0 fully saturated rings. The number of hydrogen-bond donors (Lipinski definition) is 1. The lowest BCUT2D eigenvalue weighted by atomic mass is 9.91. The van der Waals surface area contributed by atoms with Gasteiger partial charge < -0.3 is 0 Å². The fraction of sp³-hybridized carbons (Fsp3) is 0.750. The van der Waals surface area contributed by atoms with Gasteiger partial charge in [0.05, 0.1) is 4.91 Å². The average Bonchev–Trinajstić information content (AvgIpc) is 2.09. The first-order chi connectivity index (χ1) is 5.97. The lowest BCUT2D eigenvalue weighted by Gasteiger charge is -2.22. The van der Waals surface area contributed by atoms with E-state index in [0.29, 0.717) is 4.91 Å². The van der Waals surface area contributed by atoms with Gasteiger partial charge in [0, 0.05) is 0 Å². The topological polar surface area (TPSA) is 69.4 Å². The van der Waals surface area contributed by atoms with Crippen molar-refractivity contribution in [1.82, 2.24) is 0 Å². The van der Waals surface area contributed by atoms with Crippen LogP contribution in [0.4, 0.5) is 0 Å². The lowest BCUT2D eigenvalue weighted by Crippen LogP contribution is -2.21. The van der Waals surface area contributed by atoms with Crippen LogP contribution in [0, 0.1) is 11.8 Å². The fourth-order valence-electron chi connectivity index (χ4n) is 1.57. The molecule has 0 spiro atoms. The van der Waals surface area contributed by atoms with E-state index in [0.717, 1.165) is 12.8 Å². The van der Waals surface area contributed by atoms with Crippen molar-refractivity contribution in [2.24, 2.45) is 17.7 Å². The van der Waals surface area contributed by atoms with Gasteiger partial charge in [-0.1, -0.05) is 19.9 Å². The van der Waals surface area contributed by atoms with E-state index in [1.54, 1.807) is 6.08 Å². The highest BCUT2D eigenvalue weighted by atomic mass is 32.2. The highest BCUT2D eigenvalue weighted by Gasteiger charge is 2.27. The van der Waals surface area contributed by atoms with Crippen LogP contribution in [0.25, 0.3) is 0 Å². The quantitative estimate of drug-likeness (QED) is 0.687. The molecule has 0 saturated heterocycles. The van der Waals surface area contributed by atoms with E-state index in [2.05, 4.69) is 4.28 Å². The van der Waals surface area contributed by atoms with Gasteiger partial charge in [-0.15, -0.1) is 0 Å². The van der Waals surface area contributed by atoms with Gasteiger partial charge in [-0.25, -0.2) is 0 Å². The maximum atomic E-state index is 11.3. The molecule has 2 unspecified atom stereocenters. The lowest BCUT2D eigenvalue weighted by molar-refractivity contribution is 0.331. The third-order valence-electron chi connectivity index (χ3n) is 2.40. The molecule has 0 aromatic heterocycles. The molecule has 0 aromatic carbocycles. The molecule has 1 aliphatic carbocycles. The Morgan fingerprint density at radius 3 is 2.62 bits per heavy atom. The van der Waals surface area contributed by atoms with Crippen LogP contribution in [0.15, 0.2) is 11.0 Å². The van der Waals surface area contributed by atoms with Gasteiger partial charge in [-0.3, -0.25) is 0 Å². The summed E-state index contributed by atoms with van der Waals surface area (Å²) in [6.07, 6.45) is 3.62. The van der Waals surface area contributed by atoms with Crippen LogP contribution in [-0.2, 0) is 14.4 Å². The molecule has 0 aliphatic heterocycles. The van der Waals surface area contributed by atoms with Crippen molar-refractivity contribution < 1.29 is 12.7 Å². The smallest absolute Gasteiger partial charge is 0.197 e. The maximum Gasteiger partial charge on any atom is 0.308 e. The Balaban J connectivity index is 3.01. The van der Waals surface area contributed by atoms with Gasteiger partial charge in [0.15, 0.2) is 0 Å². The SMILES string of the molecule is CC1C=C(S(=O)(=O)ON)C(C)CC1. The third-order valence-corrected chi connectivity index (χ3v) is 3.77. The van der Waals surface area contributed by atoms with E-state index in [-0.39, 0.29) is 11.8 Å². The van der Waals surface area contributed by atoms with Crippen LogP contribution in [0.2, 0.25) is 0 Å². The minimum absolute atomic E-state index is 0.0183. The van der Waals surface area contributed by atoms with Crippen LogP contribution in [0.5, 0.6) is 0 Å². The zero-order valence-electron chi connectivity index (χ0n) is 7.86. The highest BCUT2D eigenvalue weighted by Crippen LogP contribution is 2.31. The number of nitrogens with two attached hydrogens (primary N) is 1. The van der Waals surface area contributed by atoms with E-state index < -0.39 is 10.1 Å². The second kappa shape index (κ2) is 3.77. The third kappa shape index (κ3) is 2.30. The largest absolute Gasteiger partial charge is 0.308 e. The van der Waals surface area contributed by atoms with E-state index in [9.17, 15) is 8.42 Å². The number of rotatable bonds is 2. The maximum absolute atomic E-state index is 11.3. The second-order valence-electron chi connectivity index (χ2n) is 3.58. The molecule has 76 valence electrons. The standard InChI is InChI=1S/C8H15NO3S/c1-6-3-4-7(2)8(5-6)13(10,11)12-9/h5-7H,3-4,9H2,1-2H3. The number of hydrogen-bond acceptors (Lipinski definition) is 4. The zero-order valence-corrected chi connectivity index (χ0v) is 8.67. The summed E-state index contributed by atoms with van der Waals surface area (Å²) in [6.45, 7) is 3.85. The van der Waals surface area contributed by atoms with Crippen LogP contribution < -0.4 is 5.90 Å². The molecule has 1 aliphatic rings. The molecular formula is C8H15NO3S. The Kier molecular flexibility index (Phi) is 3.10. The fourth-order valence-corrected chi connectivity index (χ4v) is 2.69. The summed E-state index contributed by atoms with van der Waals surface area (Å²) in [5.41, 5.74) is 0. The van der Waals surface area contributed by atoms with Crippen LogP contribution in [0.3, 0.4) is 0 Å². The van der Waals surface area contributed by atoms with Crippen LogP contribution in [-0.4, -0.2) is 8.42 Å². The summed E-state index contributed by atoms with van der Waals surface area (Å²) in [5, 5.41) is 0. The van der Waals surface area contributed by atoms with Crippen LogP contribution in [0.1, 0.15) is 26.7 Å². The summed E-state index contributed by atoms with van der Waals surface area (Å²) in [7, 11) is -3.66. The predicted molar refractivity (Wildman–Crippen MR) is 49.8 cm³/mol. The summed E-state index contributed by atoms with van der Waals surface area (Å²) in [6, 6.07) is 0. The molecular weight excluding hydrogens is 190 g/mol. The van der Waals surface area contributed by atoms with Crippen molar-refractivity contribution in [2.45, 2.75) is 26.7 Å². The Labute approximate surface area is 78.8 Å². The average molecular weight is 205 g/mol. The minimum Gasteiger partial charge on any atom is -0.197 e. The summed E-state index contributed by atoms with van der Waals surface area (Å²) in [4.78, 5) is 0.328. The van der Waals surface area contributed by atoms with E-state index in [1.807, 2.05) is 13.8 Å². The Hall–Kier alpha value is -0.390. The van der Waals surface area contributed by atoms with E-state index in [4.69, 9.17) is 5.90 Å². The predicted octanol–water partition coefficient (Wildman–Crippen LogP) is 1.16. The van der Waals surface area contributed by atoms with Crippen molar-refractivity contribution in [1.29, 1.82) is 0 Å². The molecule has 1 rings (SSSR count). The second-order valence-corrected chi connectivity index (χ2v) is 5.15. The van der Waals surface area contributed by atoms with Gasteiger partial charge in [0.2, 0.25) is 0 Å². The molecule has 0 aromatic rings. The summed E-state index contributed by atoms with van der Waals surface area (Å²) >= 11 is 0.